The van der Waals surface area contributed by atoms with Gasteiger partial charge in [0.25, 0.3) is 0 Å². The standard InChI is InChI=1S/C17H24N8O/c18-14-3-1-12(2-4-14)10-25-16-13(8-21-25)7-19-17(23-16)22-15-9-20-24(11-15)5-6-26/h7-9,11-12,14,26H,1-6,10,18H2,(H,19,22,23)/t12-,14-. The molecular formula is C17H24N8O. The molecule has 138 valence electrons. The lowest BCUT2D eigenvalue weighted by Crippen LogP contribution is -2.28. The maximum atomic E-state index is 8.97. The third-order valence-electron chi connectivity index (χ3n) is 4.92. The minimum atomic E-state index is 0.0504. The summed E-state index contributed by atoms with van der Waals surface area (Å²) in [6.07, 6.45) is 11.5. The molecule has 3 heterocycles. The van der Waals surface area contributed by atoms with Crippen LogP contribution in [-0.2, 0) is 13.1 Å². The number of nitrogens with two attached hydrogens (primary N) is 1. The van der Waals surface area contributed by atoms with E-state index >= 15 is 0 Å². The molecule has 0 atom stereocenters. The Kier molecular flexibility index (Phi) is 4.81. The summed E-state index contributed by atoms with van der Waals surface area (Å²) in [5.41, 5.74) is 7.62. The Morgan fingerprint density at radius 3 is 2.81 bits per heavy atom. The first-order chi connectivity index (χ1) is 12.7. The average molecular weight is 356 g/mol. The summed E-state index contributed by atoms with van der Waals surface area (Å²) in [6, 6.07) is 0.352. The molecule has 0 unspecified atom stereocenters. The zero-order chi connectivity index (χ0) is 17.9. The normalized spacial score (nSPS) is 20.5. The topological polar surface area (TPSA) is 120 Å². The van der Waals surface area contributed by atoms with E-state index in [1.54, 1.807) is 17.1 Å². The van der Waals surface area contributed by atoms with Gasteiger partial charge >= 0.3 is 0 Å². The van der Waals surface area contributed by atoms with Gasteiger partial charge in [-0.25, -0.2) is 9.67 Å². The summed E-state index contributed by atoms with van der Waals surface area (Å²) in [7, 11) is 0. The van der Waals surface area contributed by atoms with Crippen molar-refractivity contribution < 1.29 is 5.11 Å². The number of anilines is 2. The number of aliphatic hydroxyl groups excluding tert-OH is 1. The number of hydrogen-bond donors (Lipinski definition) is 3. The van der Waals surface area contributed by atoms with E-state index in [1.165, 1.54) is 0 Å². The summed E-state index contributed by atoms with van der Waals surface area (Å²) in [4.78, 5) is 8.98. The van der Waals surface area contributed by atoms with Gasteiger partial charge in [-0.15, -0.1) is 0 Å². The van der Waals surface area contributed by atoms with Crippen LogP contribution in [0.4, 0.5) is 11.6 Å². The van der Waals surface area contributed by atoms with Gasteiger partial charge in [-0.05, 0) is 31.6 Å². The SMILES string of the molecule is N[C@H]1CC[C@H](Cn2ncc3cnc(Nc4cnn(CCO)c4)nc32)CC1. The molecule has 0 radical (unpaired) electrons. The third-order valence-corrected chi connectivity index (χ3v) is 4.92. The molecule has 26 heavy (non-hydrogen) atoms. The largest absolute Gasteiger partial charge is 0.394 e. The number of nitrogens with one attached hydrogen (secondary N) is 1. The van der Waals surface area contributed by atoms with Crippen molar-refractivity contribution in [1.29, 1.82) is 0 Å². The minimum Gasteiger partial charge on any atom is -0.394 e. The number of aliphatic hydroxyl groups is 1. The van der Waals surface area contributed by atoms with E-state index in [0.29, 0.717) is 24.5 Å². The molecule has 0 saturated heterocycles. The Labute approximate surface area is 151 Å². The van der Waals surface area contributed by atoms with Crippen LogP contribution in [-0.4, -0.2) is 47.3 Å². The van der Waals surface area contributed by atoms with Crippen LogP contribution in [0.2, 0.25) is 0 Å². The lowest BCUT2D eigenvalue weighted by Gasteiger charge is -2.25. The Hall–Kier alpha value is -2.52. The lowest BCUT2D eigenvalue weighted by molar-refractivity contribution is 0.269. The van der Waals surface area contributed by atoms with Crippen LogP contribution in [0, 0.1) is 5.92 Å². The number of aromatic nitrogens is 6. The number of hydrogen-bond acceptors (Lipinski definition) is 7. The van der Waals surface area contributed by atoms with E-state index in [1.807, 2.05) is 17.1 Å². The number of rotatable bonds is 6. The van der Waals surface area contributed by atoms with Gasteiger partial charge in [0.1, 0.15) is 0 Å². The monoisotopic (exact) mass is 356 g/mol. The first kappa shape index (κ1) is 16.9. The maximum absolute atomic E-state index is 8.97. The van der Waals surface area contributed by atoms with E-state index in [-0.39, 0.29) is 6.61 Å². The zero-order valence-electron chi connectivity index (χ0n) is 14.6. The van der Waals surface area contributed by atoms with Gasteiger partial charge in [-0.2, -0.15) is 15.2 Å². The van der Waals surface area contributed by atoms with Crippen molar-refractivity contribution in [3.8, 4) is 0 Å². The summed E-state index contributed by atoms with van der Waals surface area (Å²) >= 11 is 0. The molecule has 1 aliphatic rings. The third kappa shape index (κ3) is 3.68. The smallest absolute Gasteiger partial charge is 0.229 e. The highest BCUT2D eigenvalue weighted by molar-refractivity contribution is 5.75. The quantitative estimate of drug-likeness (QED) is 0.608. The highest BCUT2D eigenvalue weighted by Crippen LogP contribution is 2.25. The fourth-order valence-corrected chi connectivity index (χ4v) is 3.46. The Bertz CT molecular complexity index is 865. The van der Waals surface area contributed by atoms with Crippen molar-refractivity contribution in [3.63, 3.8) is 0 Å². The van der Waals surface area contributed by atoms with Crippen molar-refractivity contribution in [2.45, 2.75) is 44.8 Å². The fraction of sp³-hybridized carbons (Fsp3) is 0.529. The Morgan fingerprint density at radius 1 is 1.15 bits per heavy atom. The summed E-state index contributed by atoms with van der Waals surface area (Å²) in [5, 5.41) is 21.7. The highest BCUT2D eigenvalue weighted by atomic mass is 16.3. The molecule has 1 fully saturated rings. The van der Waals surface area contributed by atoms with E-state index in [0.717, 1.165) is 48.9 Å². The molecule has 0 bridgehead atoms. The highest BCUT2D eigenvalue weighted by Gasteiger charge is 2.20. The van der Waals surface area contributed by atoms with E-state index in [9.17, 15) is 0 Å². The first-order valence-corrected chi connectivity index (χ1v) is 9.06. The molecule has 4 N–H and O–H groups in total. The van der Waals surface area contributed by atoms with Crippen LogP contribution in [0.1, 0.15) is 25.7 Å². The molecule has 0 spiro atoms. The second-order valence-corrected chi connectivity index (χ2v) is 6.92. The molecule has 3 aromatic rings. The summed E-state index contributed by atoms with van der Waals surface area (Å²) in [6.45, 7) is 1.37. The Balaban J connectivity index is 1.50. The van der Waals surface area contributed by atoms with Crippen molar-refractivity contribution in [1.82, 2.24) is 29.5 Å². The van der Waals surface area contributed by atoms with Crippen molar-refractivity contribution in [3.05, 3.63) is 24.8 Å². The molecule has 9 heteroatoms. The second-order valence-electron chi connectivity index (χ2n) is 6.92. The van der Waals surface area contributed by atoms with E-state index in [2.05, 4.69) is 25.5 Å². The van der Waals surface area contributed by atoms with E-state index in [4.69, 9.17) is 10.8 Å². The van der Waals surface area contributed by atoms with Crippen LogP contribution in [0.15, 0.2) is 24.8 Å². The predicted molar refractivity (Wildman–Crippen MR) is 97.9 cm³/mol. The molecule has 0 amide bonds. The van der Waals surface area contributed by atoms with Crippen LogP contribution in [0.5, 0.6) is 0 Å². The molecule has 1 saturated carbocycles. The maximum Gasteiger partial charge on any atom is 0.229 e. The average Bonchev–Trinajstić information content (AvgIpc) is 3.24. The minimum absolute atomic E-state index is 0.0504. The number of fused-ring (bicyclic) bond motifs is 1. The first-order valence-electron chi connectivity index (χ1n) is 9.06. The van der Waals surface area contributed by atoms with Gasteiger partial charge in [0, 0.05) is 25.0 Å². The van der Waals surface area contributed by atoms with Gasteiger partial charge < -0.3 is 16.2 Å². The fourth-order valence-electron chi connectivity index (χ4n) is 3.46. The van der Waals surface area contributed by atoms with Crippen molar-refractivity contribution >= 4 is 22.7 Å². The number of nitrogens with zero attached hydrogens (tertiary/aromatic N) is 6. The predicted octanol–water partition coefficient (Wildman–Crippen LogP) is 1.28. The Morgan fingerprint density at radius 2 is 2.00 bits per heavy atom. The van der Waals surface area contributed by atoms with Crippen LogP contribution in [0.25, 0.3) is 11.0 Å². The van der Waals surface area contributed by atoms with Gasteiger partial charge in [0.15, 0.2) is 5.65 Å². The molecule has 9 nitrogen and oxygen atoms in total. The van der Waals surface area contributed by atoms with E-state index < -0.39 is 0 Å². The second kappa shape index (κ2) is 7.38. The molecular weight excluding hydrogens is 332 g/mol. The lowest BCUT2D eigenvalue weighted by atomic mass is 9.86. The molecule has 1 aliphatic carbocycles. The van der Waals surface area contributed by atoms with Crippen LogP contribution < -0.4 is 11.1 Å². The van der Waals surface area contributed by atoms with Crippen LogP contribution in [0.3, 0.4) is 0 Å². The van der Waals surface area contributed by atoms with Gasteiger partial charge in [0.05, 0.1) is 36.6 Å². The molecule has 3 aromatic heterocycles. The molecule has 4 rings (SSSR count). The summed E-state index contributed by atoms with van der Waals surface area (Å²) < 4.78 is 3.64. The van der Waals surface area contributed by atoms with Gasteiger partial charge in [-0.1, -0.05) is 0 Å². The zero-order valence-corrected chi connectivity index (χ0v) is 14.6. The summed E-state index contributed by atoms with van der Waals surface area (Å²) in [5.74, 6) is 1.11. The van der Waals surface area contributed by atoms with Gasteiger partial charge in [0.2, 0.25) is 5.95 Å². The van der Waals surface area contributed by atoms with Crippen molar-refractivity contribution in [2.24, 2.45) is 11.7 Å². The molecule has 0 aliphatic heterocycles. The van der Waals surface area contributed by atoms with Crippen LogP contribution >= 0.6 is 0 Å². The van der Waals surface area contributed by atoms with Crippen molar-refractivity contribution in [2.75, 3.05) is 11.9 Å². The van der Waals surface area contributed by atoms with Gasteiger partial charge in [-0.3, -0.25) is 4.68 Å². The molecule has 0 aromatic carbocycles.